The van der Waals surface area contributed by atoms with Gasteiger partial charge in [-0.15, -0.1) is 11.3 Å². The van der Waals surface area contributed by atoms with Crippen LogP contribution in [-0.2, 0) is 13.0 Å². The highest BCUT2D eigenvalue weighted by Gasteiger charge is 2.20. The van der Waals surface area contributed by atoms with Gasteiger partial charge in [-0.3, -0.25) is 9.59 Å². The minimum Gasteiger partial charge on any atom is -0.363 e. The first kappa shape index (κ1) is 23.6. The molecule has 2 aromatic carbocycles. The number of nitrogens with zero attached hydrogens (tertiary/aromatic N) is 2. The third-order valence-electron chi connectivity index (χ3n) is 6.55. The van der Waals surface area contributed by atoms with Crippen LogP contribution in [-0.4, -0.2) is 23.6 Å². The Morgan fingerprint density at radius 1 is 1.03 bits per heavy atom. The molecule has 0 spiro atoms. The molecule has 1 aliphatic heterocycles. The largest absolute Gasteiger partial charge is 0.363 e. The van der Waals surface area contributed by atoms with Crippen molar-refractivity contribution < 1.29 is 4.79 Å². The van der Waals surface area contributed by atoms with Crippen LogP contribution < -0.4 is 15.6 Å². The standard InChI is InChI=1S/C28H28ClN3O2S/c1-2-19-15-25(35-28(19)31-13-7-4-8-14-31)27(34)30-17-20-18-32(22-9-5-3-6-10-22)24-16-21(29)11-12-23(24)26(20)33/h3,5-6,9-12,15-16,18H,2,4,7-8,13-14,17H2,1H3,(H,30,34). The van der Waals surface area contributed by atoms with E-state index in [0.29, 0.717) is 20.8 Å². The third-order valence-corrected chi connectivity index (χ3v) is 8.02. The summed E-state index contributed by atoms with van der Waals surface area (Å²) >= 11 is 7.81. The molecular formula is C28H28ClN3O2S. The third kappa shape index (κ3) is 4.86. The number of rotatable bonds is 6. The number of aryl methyl sites for hydroxylation is 1. The number of piperidine rings is 1. The maximum Gasteiger partial charge on any atom is 0.261 e. The van der Waals surface area contributed by atoms with Crippen molar-refractivity contribution in [2.75, 3.05) is 18.0 Å². The molecule has 0 saturated carbocycles. The van der Waals surface area contributed by atoms with Gasteiger partial charge in [-0.25, -0.2) is 0 Å². The molecule has 4 aromatic rings. The Labute approximate surface area is 214 Å². The first-order chi connectivity index (χ1) is 17.0. The van der Waals surface area contributed by atoms with Crippen molar-refractivity contribution in [3.63, 3.8) is 0 Å². The van der Waals surface area contributed by atoms with Gasteiger partial charge in [0.05, 0.1) is 15.4 Å². The Balaban J connectivity index is 1.44. The fourth-order valence-electron chi connectivity index (χ4n) is 4.69. The van der Waals surface area contributed by atoms with Gasteiger partial charge in [0.2, 0.25) is 0 Å². The molecule has 0 atom stereocenters. The number of hydrogen-bond donors (Lipinski definition) is 1. The van der Waals surface area contributed by atoms with Crippen molar-refractivity contribution in [2.24, 2.45) is 0 Å². The second kappa shape index (κ2) is 10.3. The summed E-state index contributed by atoms with van der Waals surface area (Å²) in [7, 11) is 0. The van der Waals surface area contributed by atoms with Gasteiger partial charge in [0, 0.05) is 47.5 Å². The van der Waals surface area contributed by atoms with Gasteiger partial charge >= 0.3 is 0 Å². The highest BCUT2D eigenvalue weighted by Crippen LogP contribution is 2.34. The Morgan fingerprint density at radius 3 is 2.54 bits per heavy atom. The van der Waals surface area contributed by atoms with Crippen LogP contribution in [0.25, 0.3) is 16.6 Å². The number of nitrogens with one attached hydrogen (secondary N) is 1. The predicted molar refractivity (Wildman–Crippen MR) is 145 cm³/mol. The summed E-state index contributed by atoms with van der Waals surface area (Å²) in [6.07, 6.45) is 6.37. The van der Waals surface area contributed by atoms with Crippen LogP contribution in [0.2, 0.25) is 5.02 Å². The first-order valence-electron chi connectivity index (χ1n) is 12.1. The molecule has 7 heteroatoms. The summed E-state index contributed by atoms with van der Waals surface area (Å²) in [5.74, 6) is -0.144. The van der Waals surface area contributed by atoms with Crippen LogP contribution in [0, 0.1) is 0 Å². The van der Waals surface area contributed by atoms with Crippen molar-refractivity contribution in [3.05, 3.63) is 92.0 Å². The van der Waals surface area contributed by atoms with Gasteiger partial charge in [0.1, 0.15) is 0 Å². The zero-order valence-corrected chi connectivity index (χ0v) is 21.3. The zero-order valence-electron chi connectivity index (χ0n) is 19.7. The molecule has 0 aliphatic carbocycles. The monoisotopic (exact) mass is 505 g/mol. The van der Waals surface area contributed by atoms with E-state index in [-0.39, 0.29) is 17.9 Å². The van der Waals surface area contributed by atoms with E-state index in [1.807, 2.05) is 47.2 Å². The topological polar surface area (TPSA) is 54.3 Å². The van der Waals surface area contributed by atoms with Gasteiger partial charge in [-0.1, -0.05) is 36.7 Å². The van der Waals surface area contributed by atoms with Crippen LogP contribution in [0.5, 0.6) is 0 Å². The highest BCUT2D eigenvalue weighted by atomic mass is 35.5. The summed E-state index contributed by atoms with van der Waals surface area (Å²) < 4.78 is 1.96. The lowest BCUT2D eigenvalue weighted by atomic mass is 10.1. The summed E-state index contributed by atoms with van der Waals surface area (Å²) in [5.41, 5.74) is 3.31. The molecule has 2 aromatic heterocycles. The van der Waals surface area contributed by atoms with Crippen LogP contribution >= 0.6 is 22.9 Å². The molecule has 1 amide bonds. The number of aromatic nitrogens is 1. The van der Waals surface area contributed by atoms with E-state index in [0.717, 1.165) is 30.7 Å². The van der Waals surface area contributed by atoms with Crippen LogP contribution in [0.1, 0.15) is 47.0 Å². The maximum atomic E-state index is 13.3. The number of amides is 1. The van der Waals surface area contributed by atoms with Gasteiger partial charge in [0.25, 0.3) is 5.91 Å². The number of hydrogen-bond acceptors (Lipinski definition) is 4. The van der Waals surface area contributed by atoms with Crippen molar-refractivity contribution in [2.45, 2.75) is 39.2 Å². The minimum absolute atomic E-state index is 0.0985. The second-order valence-corrected chi connectivity index (χ2v) is 10.3. The first-order valence-corrected chi connectivity index (χ1v) is 13.3. The maximum absolute atomic E-state index is 13.3. The minimum atomic E-state index is -0.144. The lowest BCUT2D eigenvalue weighted by Gasteiger charge is -2.28. The number of anilines is 1. The second-order valence-electron chi connectivity index (χ2n) is 8.88. The quantitative estimate of drug-likeness (QED) is 0.340. The van der Waals surface area contributed by atoms with Gasteiger partial charge in [-0.05, 0) is 67.6 Å². The van der Waals surface area contributed by atoms with E-state index < -0.39 is 0 Å². The molecule has 180 valence electrons. The fraction of sp³-hybridized carbons (Fsp3) is 0.286. The lowest BCUT2D eigenvalue weighted by molar-refractivity contribution is 0.0955. The summed E-state index contributed by atoms with van der Waals surface area (Å²) in [5, 5.41) is 5.34. The molecule has 1 saturated heterocycles. The molecular weight excluding hydrogens is 478 g/mol. The number of halogens is 1. The molecule has 0 bridgehead atoms. The molecule has 35 heavy (non-hydrogen) atoms. The van der Waals surface area contributed by atoms with E-state index in [4.69, 9.17) is 11.6 Å². The zero-order chi connectivity index (χ0) is 24.4. The van der Waals surface area contributed by atoms with Crippen LogP contribution in [0.15, 0.2) is 65.6 Å². The van der Waals surface area contributed by atoms with Gasteiger partial charge in [-0.2, -0.15) is 0 Å². The molecule has 0 unspecified atom stereocenters. The smallest absolute Gasteiger partial charge is 0.261 e. The van der Waals surface area contributed by atoms with E-state index in [1.54, 1.807) is 29.5 Å². The van der Waals surface area contributed by atoms with E-state index >= 15 is 0 Å². The summed E-state index contributed by atoms with van der Waals surface area (Å²) in [6, 6.07) is 17.1. The highest BCUT2D eigenvalue weighted by molar-refractivity contribution is 7.18. The van der Waals surface area contributed by atoms with E-state index in [1.165, 1.54) is 29.8 Å². The fourth-order valence-corrected chi connectivity index (χ4v) is 6.08. The summed E-state index contributed by atoms with van der Waals surface area (Å²) in [6.45, 7) is 4.38. The molecule has 5 rings (SSSR count). The number of carbonyl (C=O) groups is 1. The van der Waals surface area contributed by atoms with Crippen molar-refractivity contribution >= 4 is 44.7 Å². The number of benzene rings is 2. The molecule has 1 aliphatic rings. The molecule has 1 N–H and O–H groups in total. The Morgan fingerprint density at radius 2 is 1.80 bits per heavy atom. The average Bonchev–Trinajstić information content (AvgIpc) is 3.34. The Kier molecular flexibility index (Phi) is 6.93. The number of pyridine rings is 1. The summed E-state index contributed by atoms with van der Waals surface area (Å²) in [4.78, 5) is 29.5. The average molecular weight is 506 g/mol. The van der Waals surface area contributed by atoms with E-state index in [9.17, 15) is 9.59 Å². The number of para-hydroxylation sites is 1. The SMILES string of the molecule is CCc1cc(C(=O)NCc2cn(-c3ccccc3)c3cc(Cl)ccc3c2=O)sc1N1CCCCC1. The number of carbonyl (C=O) groups excluding carboxylic acids is 1. The van der Waals surface area contributed by atoms with Crippen LogP contribution in [0.4, 0.5) is 5.00 Å². The normalized spacial score (nSPS) is 13.8. The van der Waals surface area contributed by atoms with Crippen molar-refractivity contribution in [1.82, 2.24) is 9.88 Å². The predicted octanol–water partition coefficient (Wildman–Crippen LogP) is 6.19. The Hall–Kier alpha value is -3.09. The lowest BCUT2D eigenvalue weighted by Crippen LogP contribution is -2.29. The number of thiophene rings is 1. The van der Waals surface area contributed by atoms with E-state index in [2.05, 4.69) is 17.1 Å². The van der Waals surface area contributed by atoms with Gasteiger partial charge < -0.3 is 14.8 Å². The van der Waals surface area contributed by atoms with Crippen LogP contribution in [0.3, 0.4) is 0 Å². The van der Waals surface area contributed by atoms with Crippen molar-refractivity contribution in [3.8, 4) is 5.69 Å². The Bertz CT molecular complexity index is 1420. The molecule has 1 fully saturated rings. The van der Waals surface area contributed by atoms with Gasteiger partial charge in [0.15, 0.2) is 5.43 Å². The molecule has 5 nitrogen and oxygen atoms in total. The number of fused-ring (bicyclic) bond motifs is 1. The molecule has 0 radical (unpaired) electrons. The van der Waals surface area contributed by atoms with Crippen molar-refractivity contribution in [1.29, 1.82) is 0 Å². The molecule has 3 heterocycles.